The van der Waals surface area contributed by atoms with Crippen LogP contribution < -0.4 is 0 Å². The average molecular weight is 250 g/mol. The van der Waals surface area contributed by atoms with Crippen LogP contribution in [-0.2, 0) is 6.42 Å². The second-order valence-corrected chi connectivity index (χ2v) is 5.32. The summed E-state index contributed by atoms with van der Waals surface area (Å²) < 4.78 is 13.0. The fraction of sp³-hybridized carbons (Fsp3) is 0.600. The summed E-state index contributed by atoms with van der Waals surface area (Å²) in [5.41, 5.74) is 2.36. The van der Waals surface area contributed by atoms with Crippen molar-refractivity contribution in [3.05, 3.63) is 35.1 Å². The van der Waals surface area contributed by atoms with E-state index in [9.17, 15) is 4.39 Å². The van der Waals surface area contributed by atoms with Gasteiger partial charge in [0.05, 0.1) is 0 Å². The van der Waals surface area contributed by atoms with E-state index in [1.54, 1.807) is 12.1 Å². The topological polar surface area (TPSA) is 6.48 Å². The molecule has 0 aliphatic carbocycles. The van der Waals surface area contributed by atoms with Crippen molar-refractivity contribution in [2.75, 3.05) is 39.8 Å². The van der Waals surface area contributed by atoms with Crippen molar-refractivity contribution in [1.29, 1.82) is 0 Å². The molecule has 0 atom stereocenters. The number of halogens is 1. The van der Waals surface area contributed by atoms with Crippen LogP contribution in [0.2, 0.25) is 0 Å². The lowest BCUT2D eigenvalue weighted by Crippen LogP contribution is -2.44. The summed E-state index contributed by atoms with van der Waals surface area (Å²) in [6.45, 7) is 7.86. The van der Waals surface area contributed by atoms with Gasteiger partial charge in [0.2, 0.25) is 0 Å². The Bertz CT molecular complexity index is 384. The molecule has 0 N–H and O–H groups in total. The van der Waals surface area contributed by atoms with Gasteiger partial charge < -0.3 is 9.80 Å². The van der Waals surface area contributed by atoms with E-state index in [4.69, 9.17) is 0 Å². The molecule has 2 nitrogen and oxygen atoms in total. The van der Waals surface area contributed by atoms with Crippen LogP contribution in [0.4, 0.5) is 4.39 Å². The SMILES string of the molecule is Cc1cc(F)ccc1CCCN1CCN(C)CC1. The van der Waals surface area contributed by atoms with E-state index in [1.165, 1.54) is 31.7 Å². The molecule has 0 spiro atoms. The number of benzene rings is 1. The Morgan fingerprint density at radius 2 is 1.89 bits per heavy atom. The number of hydrogen-bond donors (Lipinski definition) is 0. The maximum absolute atomic E-state index is 13.0. The Morgan fingerprint density at radius 3 is 2.56 bits per heavy atom. The molecule has 0 saturated carbocycles. The number of piperazine rings is 1. The Balaban J connectivity index is 1.75. The molecule has 0 bridgehead atoms. The zero-order valence-corrected chi connectivity index (χ0v) is 11.5. The number of nitrogens with zero attached hydrogens (tertiary/aromatic N) is 2. The van der Waals surface area contributed by atoms with Crippen molar-refractivity contribution in [2.24, 2.45) is 0 Å². The molecule has 2 rings (SSSR count). The van der Waals surface area contributed by atoms with E-state index in [1.807, 2.05) is 13.0 Å². The standard InChI is InChI=1S/C15H23FN2/c1-13-12-15(16)6-5-14(13)4-3-7-18-10-8-17(2)9-11-18/h5-6,12H,3-4,7-11H2,1-2H3. The number of likely N-dealkylation sites (N-methyl/N-ethyl adjacent to an activating group) is 1. The van der Waals surface area contributed by atoms with Crippen molar-refractivity contribution < 1.29 is 4.39 Å². The predicted molar refractivity (Wildman–Crippen MR) is 73.4 cm³/mol. The highest BCUT2D eigenvalue weighted by atomic mass is 19.1. The highest BCUT2D eigenvalue weighted by Crippen LogP contribution is 2.12. The zero-order chi connectivity index (χ0) is 13.0. The molecular formula is C15H23FN2. The van der Waals surface area contributed by atoms with Crippen molar-refractivity contribution in [2.45, 2.75) is 19.8 Å². The molecule has 1 heterocycles. The third-order valence-corrected chi connectivity index (χ3v) is 3.82. The van der Waals surface area contributed by atoms with E-state index in [-0.39, 0.29) is 5.82 Å². The van der Waals surface area contributed by atoms with Gasteiger partial charge in [-0.3, -0.25) is 0 Å². The van der Waals surface area contributed by atoms with Gasteiger partial charge in [-0.05, 0) is 56.6 Å². The monoisotopic (exact) mass is 250 g/mol. The lowest BCUT2D eigenvalue weighted by atomic mass is 10.0. The highest BCUT2D eigenvalue weighted by molar-refractivity contribution is 5.26. The molecule has 1 saturated heterocycles. The van der Waals surface area contributed by atoms with Crippen LogP contribution in [0.5, 0.6) is 0 Å². The summed E-state index contributed by atoms with van der Waals surface area (Å²) in [7, 11) is 2.18. The molecule has 3 heteroatoms. The first-order chi connectivity index (χ1) is 8.65. The first-order valence-corrected chi connectivity index (χ1v) is 6.81. The normalized spacial score (nSPS) is 18.2. The van der Waals surface area contributed by atoms with Gasteiger partial charge in [0.25, 0.3) is 0 Å². The molecule has 1 aromatic carbocycles. The fourth-order valence-electron chi connectivity index (χ4n) is 2.50. The summed E-state index contributed by atoms with van der Waals surface area (Å²) in [6.07, 6.45) is 2.22. The number of hydrogen-bond acceptors (Lipinski definition) is 2. The van der Waals surface area contributed by atoms with E-state index < -0.39 is 0 Å². The summed E-state index contributed by atoms with van der Waals surface area (Å²) in [5, 5.41) is 0. The van der Waals surface area contributed by atoms with Gasteiger partial charge in [0.15, 0.2) is 0 Å². The van der Waals surface area contributed by atoms with E-state index in [0.717, 1.165) is 24.9 Å². The fourth-order valence-corrected chi connectivity index (χ4v) is 2.50. The minimum Gasteiger partial charge on any atom is -0.304 e. The van der Waals surface area contributed by atoms with Crippen LogP contribution in [0, 0.1) is 12.7 Å². The van der Waals surface area contributed by atoms with E-state index in [0.29, 0.717) is 0 Å². The molecule has 0 radical (unpaired) electrons. The number of aryl methyl sites for hydroxylation is 2. The predicted octanol–water partition coefficient (Wildman–Crippen LogP) is 2.31. The van der Waals surface area contributed by atoms with Crippen LogP contribution in [-0.4, -0.2) is 49.6 Å². The summed E-state index contributed by atoms with van der Waals surface area (Å²) >= 11 is 0. The van der Waals surface area contributed by atoms with E-state index >= 15 is 0 Å². The highest BCUT2D eigenvalue weighted by Gasteiger charge is 2.12. The summed E-state index contributed by atoms with van der Waals surface area (Å²) in [6, 6.07) is 5.12. The molecule has 1 fully saturated rings. The van der Waals surface area contributed by atoms with Gasteiger partial charge in [-0.2, -0.15) is 0 Å². The minimum atomic E-state index is -0.129. The van der Waals surface area contributed by atoms with Crippen molar-refractivity contribution in [3.63, 3.8) is 0 Å². The lowest BCUT2D eigenvalue weighted by molar-refractivity contribution is 0.153. The van der Waals surface area contributed by atoms with Gasteiger partial charge in [0.1, 0.15) is 5.82 Å². The lowest BCUT2D eigenvalue weighted by Gasteiger charge is -2.32. The first kappa shape index (κ1) is 13.5. The second-order valence-electron chi connectivity index (χ2n) is 5.32. The Morgan fingerprint density at radius 1 is 1.17 bits per heavy atom. The first-order valence-electron chi connectivity index (χ1n) is 6.81. The van der Waals surface area contributed by atoms with E-state index in [2.05, 4.69) is 16.8 Å². The molecule has 1 aliphatic heterocycles. The van der Waals surface area contributed by atoms with Gasteiger partial charge in [-0.15, -0.1) is 0 Å². The molecule has 100 valence electrons. The van der Waals surface area contributed by atoms with Gasteiger partial charge >= 0.3 is 0 Å². The van der Waals surface area contributed by atoms with Crippen molar-refractivity contribution in [1.82, 2.24) is 9.80 Å². The zero-order valence-electron chi connectivity index (χ0n) is 11.5. The van der Waals surface area contributed by atoms with Gasteiger partial charge in [0, 0.05) is 26.2 Å². The van der Waals surface area contributed by atoms with Crippen LogP contribution in [0.3, 0.4) is 0 Å². The summed E-state index contributed by atoms with van der Waals surface area (Å²) in [5.74, 6) is -0.129. The van der Waals surface area contributed by atoms with Gasteiger partial charge in [-0.1, -0.05) is 6.07 Å². The molecule has 0 amide bonds. The van der Waals surface area contributed by atoms with Crippen molar-refractivity contribution in [3.8, 4) is 0 Å². The largest absolute Gasteiger partial charge is 0.304 e. The quantitative estimate of drug-likeness (QED) is 0.809. The maximum Gasteiger partial charge on any atom is 0.123 e. The Kier molecular flexibility index (Phi) is 4.72. The minimum absolute atomic E-state index is 0.129. The second kappa shape index (κ2) is 6.30. The molecule has 0 unspecified atom stereocenters. The Hall–Kier alpha value is -0.930. The van der Waals surface area contributed by atoms with Crippen LogP contribution >= 0.6 is 0 Å². The van der Waals surface area contributed by atoms with Crippen LogP contribution in [0.25, 0.3) is 0 Å². The molecule has 1 aliphatic rings. The number of rotatable bonds is 4. The molecule has 18 heavy (non-hydrogen) atoms. The third-order valence-electron chi connectivity index (χ3n) is 3.82. The van der Waals surface area contributed by atoms with Crippen LogP contribution in [0.15, 0.2) is 18.2 Å². The van der Waals surface area contributed by atoms with Gasteiger partial charge in [-0.25, -0.2) is 4.39 Å². The Labute approximate surface area is 109 Å². The maximum atomic E-state index is 13.0. The smallest absolute Gasteiger partial charge is 0.123 e. The third kappa shape index (κ3) is 3.79. The van der Waals surface area contributed by atoms with Crippen LogP contribution in [0.1, 0.15) is 17.5 Å². The average Bonchev–Trinajstić information content (AvgIpc) is 2.34. The molecular weight excluding hydrogens is 227 g/mol. The molecule has 1 aromatic rings. The summed E-state index contributed by atoms with van der Waals surface area (Å²) in [4.78, 5) is 4.90. The van der Waals surface area contributed by atoms with Crippen molar-refractivity contribution >= 4 is 0 Å². The molecule has 0 aromatic heterocycles.